The van der Waals surface area contributed by atoms with Crippen LogP contribution in [0.2, 0.25) is 0 Å². The van der Waals surface area contributed by atoms with Gasteiger partial charge in [0.05, 0.1) is 17.9 Å². The van der Waals surface area contributed by atoms with E-state index in [9.17, 15) is 18.0 Å². The van der Waals surface area contributed by atoms with E-state index in [2.05, 4.69) is 5.32 Å². The van der Waals surface area contributed by atoms with Crippen molar-refractivity contribution in [2.75, 3.05) is 32.4 Å². The van der Waals surface area contributed by atoms with Gasteiger partial charge in [-0.1, -0.05) is 12.1 Å². The smallest absolute Gasteiger partial charge is 0.408 e. The van der Waals surface area contributed by atoms with Crippen molar-refractivity contribution in [3.05, 3.63) is 35.4 Å². The Morgan fingerprint density at radius 1 is 1.17 bits per heavy atom. The molecular formula is C20H28N4O5S. The van der Waals surface area contributed by atoms with E-state index in [4.69, 9.17) is 10.00 Å². The van der Waals surface area contributed by atoms with Gasteiger partial charge < -0.3 is 15.0 Å². The summed E-state index contributed by atoms with van der Waals surface area (Å²) in [7, 11) is -3.31. The molecule has 1 saturated heterocycles. The minimum Gasteiger partial charge on any atom is -0.444 e. The third-order valence-electron chi connectivity index (χ3n) is 4.53. The highest BCUT2D eigenvalue weighted by Gasteiger charge is 2.32. The number of piperazine rings is 1. The van der Waals surface area contributed by atoms with Crippen molar-refractivity contribution in [2.24, 2.45) is 0 Å². The molecule has 1 aliphatic rings. The summed E-state index contributed by atoms with van der Waals surface area (Å²) in [5.74, 6) is -0.307. The number of hydrogen-bond donors (Lipinski definition) is 1. The van der Waals surface area contributed by atoms with Crippen molar-refractivity contribution in [3.8, 4) is 6.07 Å². The van der Waals surface area contributed by atoms with E-state index in [1.54, 1.807) is 49.9 Å². The molecule has 1 heterocycles. The SMILES string of the molecule is CC(C)(C)OC(=O)NC(Cc1ccc(C#N)cc1)C(=O)N1CCN(S(C)(=O)=O)CC1. The number of rotatable bonds is 5. The summed E-state index contributed by atoms with van der Waals surface area (Å²) < 4.78 is 30.0. The van der Waals surface area contributed by atoms with Gasteiger partial charge in [0.15, 0.2) is 0 Å². The largest absolute Gasteiger partial charge is 0.444 e. The quantitative estimate of drug-likeness (QED) is 0.738. The summed E-state index contributed by atoms with van der Waals surface area (Å²) in [6.45, 7) is 6.09. The molecule has 1 atom stereocenters. The number of ether oxygens (including phenoxy) is 1. The first kappa shape index (κ1) is 23.6. The van der Waals surface area contributed by atoms with Crippen molar-refractivity contribution in [1.29, 1.82) is 5.26 Å². The summed E-state index contributed by atoms with van der Waals surface area (Å²) in [5, 5.41) is 11.6. The predicted octanol–water partition coefficient (Wildman–Crippen LogP) is 1.10. The van der Waals surface area contributed by atoms with Crippen LogP contribution in [0, 0.1) is 11.3 Å². The lowest BCUT2D eigenvalue weighted by atomic mass is 10.0. The second kappa shape index (κ2) is 9.45. The number of benzene rings is 1. The van der Waals surface area contributed by atoms with Gasteiger partial charge in [0.1, 0.15) is 11.6 Å². The average Bonchev–Trinajstić information content (AvgIpc) is 2.65. The Labute approximate surface area is 177 Å². The molecule has 1 aliphatic heterocycles. The summed E-state index contributed by atoms with van der Waals surface area (Å²) in [4.78, 5) is 27.0. The van der Waals surface area contributed by atoms with E-state index in [1.165, 1.54) is 4.31 Å². The van der Waals surface area contributed by atoms with Crippen LogP contribution in [0.15, 0.2) is 24.3 Å². The molecule has 0 spiro atoms. The zero-order chi connectivity index (χ0) is 22.5. The van der Waals surface area contributed by atoms with Crippen molar-refractivity contribution in [3.63, 3.8) is 0 Å². The maximum absolute atomic E-state index is 13.1. The maximum Gasteiger partial charge on any atom is 0.408 e. The predicted molar refractivity (Wildman–Crippen MR) is 111 cm³/mol. The van der Waals surface area contributed by atoms with E-state index in [0.717, 1.165) is 11.8 Å². The highest BCUT2D eigenvalue weighted by atomic mass is 32.2. The fraction of sp³-hybridized carbons (Fsp3) is 0.550. The van der Waals surface area contributed by atoms with Gasteiger partial charge in [-0.2, -0.15) is 9.57 Å². The van der Waals surface area contributed by atoms with Gasteiger partial charge in [-0.3, -0.25) is 4.79 Å². The third-order valence-corrected chi connectivity index (χ3v) is 5.83. The first-order chi connectivity index (χ1) is 13.9. The third kappa shape index (κ3) is 7.00. The Kier molecular flexibility index (Phi) is 7.44. The number of nitriles is 1. The summed E-state index contributed by atoms with van der Waals surface area (Å²) >= 11 is 0. The molecule has 0 radical (unpaired) electrons. The topological polar surface area (TPSA) is 120 Å². The molecule has 30 heavy (non-hydrogen) atoms. The summed E-state index contributed by atoms with van der Waals surface area (Å²) in [6.07, 6.45) is 0.655. The van der Waals surface area contributed by atoms with Gasteiger partial charge in [0, 0.05) is 32.6 Å². The van der Waals surface area contributed by atoms with E-state index >= 15 is 0 Å². The van der Waals surface area contributed by atoms with Crippen LogP contribution in [0.25, 0.3) is 0 Å². The van der Waals surface area contributed by atoms with Crippen molar-refractivity contribution < 1.29 is 22.7 Å². The Morgan fingerprint density at radius 2 is 1.73 bits per heavy atom. The first-order valence-electron chi connectivity index (χ1n) is 9.61. The molecule has 0 aliphatic carbocycles. The van der Waals surface area contributed by atoms with Crippen LogP contribution in [-0.4, -0.2) is 73.7 Å². The molecule has 10 heteroatoms. The lowest BCUT2D eigenvalue weighted by molar-refractivity contribution is -0.134. The molecule has 0 bridgehead atoms. The number of sulfonamides is 1. The van der Waals surface area contributed by atoms with Crippen LogP contribution in [0.1, 0.15) is 31.9 Å². The Bertz CT molecular complexity index is 908. The molecule has 1 aromatic carbocycles. The van der Waals surface area contributed by atoms with Crippen LogP contribution in [0.5, 0.6) is 0 Å². The Balaban J connectivity index is 2.14. The standard InChI is InChI=1S/C20H28N4O5S/c1-20(2,3)29-19(26)22-17(13-15-5-7-16(14-21)8-6-15)18(25)23-9-11-24(12-10-23)30(4,27)28/h5-8,17H,9-13H2,1-4H3,(H,22,26). The van der Waals surface area contributed by atoms with Crippen molar-refractivity contribution >= 4 is 22.0 Å². The fourth-order valence-corrected chi connectivity index (χ4v) is 3.89. The van der Waals surface area contributed by atoms with Crippen LogP contribution in [-0.2, 0) is 26.0 Å². The van der Waals surface area contributed by atoms with Crippen LogP contribution in [0.4, 0.5) is 4.79 Å². The molecule has 9 nitrogen and oxygen atoms in total. The zero-order valence-electron chi connectivity index (χ0n) is 17.7. The van der Waals surface area contributed by atoms with Crippen molar-refractivity contribution in [1.82, 2.24) is 14.5 Å². The minimum absolute atomic E-state index is 0.209. The van der Waals surface area contributed by atoms with Gasteiger partial charge in [0.25, 0.3) is 0 Å². The van der Waals surface area contributed by atoms with Gasteiger partial charge in [-0.15, -0.1) is 0 Å². The van der Waals surface area contributed by atoms with Crippen LogP contribution >= 0.6 is 0 Å². The number of nitrogens with one attached hydrogen (secondary N) is 1. The van der Waals surface area contributed by atoms with Crippen molar-refractivity contribution in [2.45, 2.75) is 38.8 Å². The molecule has 0 saturated carbocycles. The number of nitrogens with zero attached hydrogens (tertiary/aromatic N) is 3. The number of carbonyl (C=O) groups is 2. The van der Waals surface area contributed by atoms with E-state index in [-0.39, 0.29) is 38.5 Å². The van der Waals surface area contributed by atoms with Crippen LogP contribution < -0.4 is 5.32 Å². The zero-order valence-corrected chi connectivity index (χ0v) is 18.5. The monoisotopic (exact) mass is 436 g/mol. The Morgan fingerprint density at radius 3 is 2.20 bits per heavy atom. The number of carbonyl (C=O) groups excluding carboxylic acids is 2. The number of hydrogen-bond acceptors (Lipinski definition) is 6. The average molecular weight is 437 g/mol. The normalized spacial score (nSPS) is 16.4. The molecule has 1 fully saturated rings. The van der Waals surface area contributed by atoms with E-state index < -0.39 is 27.8 Å². The van der Waals surface area contributed by atoms with Gasteiger partial charge in [0.2, 0.25) is 15.9 Å². The lowest BCUT2D eigenvalue weighted by Crippen LogP contribution is -2.56. The molecule has 2 amide bonds. The highest BCUT2D eigenvalue weighted by Crippen LogP contribution is 2.13. The summed E-state index contributed by atoms with van der Waals surface area (Å²) in [6, 6.07) is 7.92. The summed E-state index contributed by atoms with van der Waals surface area (Å²) in [5.41, 5.74) is 0.560. The molecular weight excluding hydrogens is 408 g/mol. The van der Waals surface area contributed by atoms with E-state index in [1.807, 2.05) is 6.07 Å². The molecule has 164 valence electrons. The minimum atomic E-state index is -3.31. The fourth-order valence-electron chi connectivity index (χ4n) is 3.06. The van der Waals surface area contributed by atoms with Gasteiger partial charge >= 0.3 is 6.09 Å². The first-order valence-corrected chi connectivity index (χ1v) is 11.5. The second-order valence-electron chi connectivity index (χ2n) is 8.20. The molecule has 1 N–H and O–H groups in total. The Hall–Kier alpha value is -2.64. The van der Waals surface area contributed by atoms with Crippen LogP contribution in [0.3, 0.4) is 0 Å². The maximum atomic E-state index is 13.1. The van der Waals surface area contributed by atoms with E-state index in [0.29, 0.717) is 5.56 Å². The molecule has 2 rings (SSSR count). The highest BCUT2D eigenvalue weighted by molar-refractivity contribution is 7.88. The lowest BCUT2D eigenvalue weighted by Gasteiger charge is -2.35. The van der Waals surface area contributed by atoms with Gasteiger partial charge in [-0.25, -0.2) is 13.2 Å². The van der Waals surface area contributed by atoms with Gasteiger partial charge in [-0.05, 0) is 38.5 Å². The molecule has 1 aromatic rings. The molecule has 1 unspecified atom stereocenters. The number of amides is 2. The molecule has 0 aromatic heterocycles. The number of alkyl carbamates (subject to hydrolysis) is 1. The second-order valence-corrected chi connectivity index (χ2v) is 10.2.